The van der Waals surface area contributed by atoms with Gasteiger partial charge in [0.15, 0.2) is 5.11 Å². The van der Waals surface area contributed by atoms with Gasteiger partial charge in [-0.3, -0.25) is 5.43 Å². The molecule has 0 spiro atoms. The fourth-order valence-corrected chi connectivity index (χ4v) is 2.57. The van der Waals surface area contributed by atoms with Crippen LogP contribution in [-0.4, -0.2) is 17.9 Å². The van der Waals surface area contributed by atoms with Crippen LogP contribution in [0.25, 0.3) is 0 Å². The minimum Gasteiger partial charge on any atom is -0.495 e. The van der Waals surface area contributed by atoms with Crippen LogP contribution in [-0.2, 0) is 0 Å². The molecule has 0 amide bonds. The number of anilines is 1. The fraction of sp³-hybridized carbons (Fsp3) is 0.125. The molecule has 0 aliphatic rings. The molecule has 2 aromatic rings. The fourth-order valence-electron chi connectivity index (χ4n) is 1.85. The van der Waals surface area contributed by atoms with Crippen molar-refractivity contribution in [1.29, 1.82) is 0 Å². The van der Waals surface area contributed by atoms with Gasteiger partial charge in [-0.05, 0) is 37.3 Å². The van der Waals surface area contributed by atoms with Crippen molar-refractivity contribution in [3.05, 3.63) is 58.6 Å². The first kappa shape index (κ1) is 16.5. The third-order valence-corrected chi connectivity index (χ3v) is 3.83. The Morgan fingerprint density at radius 1 is 1.14 bits per heavy atom. The Morgan fingerprint density at radius 3 is 2.55 bits per heavy atom. The number of halogens is 1. The van der Waals surface area contributed by atoms with Crippen molar-refractivity contribution in [3.63, 3.8) is 0 Å². The number of hydrogen-bond donors (Lipinski definition) is 2. The minimum atomic E-state index is 0.399. The first-order valence-corrected chi connectivity index (χ1v) is 7.81. The summed E-state index contributed by atoms with van der Waals surface area (Å²) < 4.78 is 6.25. The number of hydrazone groups is 1. The summed E-state index contributed by atoms with van der Waals surface area (Å²) in [5.74, 6) is 0.721. The number of nitrogens with one attached hydrogen (secondary N) is 2. The van der Waals surface area contributed by atoms with Crippen LogP contribution < -0.4 is 15.5 Å². The highest BCUT2D eigenvalue weighted by molar-refractivity contribution is 9.10. The number of hydrogen-bond acceptors (Lipinski definition) is 3. The maximum absolute atomic E-state index is 5.26. The van der Waals surface area contributed by atoms with Crippen molar-refractivity contribution in [1.82, 2.24) is 5.43 Å². The Kier molecular flexibility index (Phi) is 5.91. The van der Waals surface area contributed by atoms with Gasteiger partial charge in [-0.2, -0.15) is 5.10 Å². The normalized spacial score (nSPS) is 11.0. The van der Waals surface area contributed by atoms with Crippen LogP contribution in [0.4, 0.5) is 5.69 Å². The van der Waals surface area contributed by atoms with Crippen molar-refractivity contribution in [2.45, 2.75) is 6.92 Å². The summed E-state index contributed by atoms with van der Waals surface area (Å²) in [5.41, 5.74) is 5.47. The van der Waals surface area contributed by atoms with Crippen LogP contribution in [0.3, 0.4) is 0 Å². The SMILES string of the molecule is COc1ccccc1NC(=S)N/N=C(\C)c1ccccc1Br. The lowest BCUT2D eigenvalue weighted by Crippen LogP contribution is -2.25. The predicted molar refractivity (Wildman–Crippen MR) is 98.7 cm³/mol. The van der Waals surface area contributed by atoms with Crippen LogP contribution in [0.1, 0.15) is 12.5 Å². The van der Waals surface area contributed by atoms with Gasteiger partial charge in [0.1, 0.15) is 5.75 Å². The number of thiocarbonyl (C=S) groups is 1. The maximum Gasteiger partial charge on any atom is 0.191 e. The minimum absolute atomic E-state index is 0.399. The smallest absolute Gasteiger partial charge is 0.191 e. The molecule has 0 aliphatic carbocycles. The van der Waals surface area contributed by atoms with Gasteiger partial charge in [0.05, 0.1) is 18.5 Å². The highest BCUT2D eigenvalue weighted by Gasteiger charge is 2.05. The van der Waals surface area contributed by atoms with Gasteiger partial charge in [-0.15, -0.1) is 0 Å². The van der Waals surface area contributed by atoms with Crippen LogP contribution in [0, 0.1) is 0 Å². The van der Waals surface area contributed by atoms with Crippen LogP contribution in [0.15, 0.2) is 58.1 Å². The summed E-state index contributed by atoms with van der Waals surface area (Å²) in [5, 5.41) is 7.76. The lowest BCUT2D eigenvalue weighted by molar-refractivity contribution is 0.417. The summed E-state index contributed by atoms with van der Waals surface area (Å²) in [4.78, 5) is 0. The molecule has 0 atom stereocenters. The first-order chi connectivity index (χ1) is 10.6. The van der Waals surface area contributed by atoms with E-state index in [0.717, 1.165) is 27.2 Å². The molecule has 2 rings (SSSR count). The van der Waals surface area contributed by atoms with E-state index in [1.54, 1.807) is 7.11 Å². The summed E-state index contributed by atoms with van der Waals surface area (Å²) >= 11 is 8.75. The second-order valence-electron chi connectivity index (χ2n) is 4.44. The Balaban J connectivity index is 2.03. The van der Waals surface area contributed by atoms with Crippen molar-refractivity contribution in [3.8, 4) is 5.75 Å². The molecule has 0 saturated heterocycles. The van der Waals surface area contributed by atoms with E-state index in [1.165, 1.54) is 0 Å². The van der Waals surface area contributed by atoms with Crippen LogP contribution in [0.2, 0.25) is 0 Å². The van der Waals surface area contributed by atoms with E-state index in [0.29, 0.717) is 5.11 Å². The van der Waals surface area contributed by atoms with Crippen LogP contribution in [0.5, 0.6) is 5.75 Å². The lowest BCUT2D eigenvalue weighted by atomic mass is 10.1. The third-order valence-electron chi connectivity index (χ3n) is 2.94. The topological polar surface area (TPSA) is 45.6 Å². The molecule has 114 valence electrons. The lowest BCUT2D eigenvalue weighted by Gasteiger charge is -2.11. The molecule has 0 aromatic heterocycles. The molecule has 0 saturated carbocycles. The number of nitrogens with zero attached hydrogens (tertiary/aromatic N) is 1. The monoisotopic (exact) mass is 377 g/mol. The predicted octanol–water partition coefficient (Wildman–Crippen LogP) is 4.17. The largest absolute Gasteiger partial charge is 0.495 e. The third kappa shape index (κ3) is 4.29. The van der Waals surface area contributed by atoms with Crippen molar-refractivity contribution < 1.29 is 4.74 Å². The van der Waals surface area contributed by atoms with Crippen molar-refractivity contribution in [2.24, 2.45) is 5.10 Å². The van der Waals surface area contributed by atoms with Crippen molar-refractivity contribution >= 4 is 44.7 Å². The summed E-state index contributed by atoms with van der Waals surface area (Å²) in [6.45, 7) is 1.92. The average Bonchev–Trinajstić information content (AvgIpc) is 2.53. The van der Waals surface area contributed by atoms with Gasteiger partial charge in [-0.25, -0.2) is 0 Å². The molecule has 4 nitrogen and oxygen atoms in total. The van der Waals surface area contributed by atoms with E-state index in [2.05, 4.69) is 31.8 Å². The quantitative estimate of drug-likeness (QED) is 0.476. The zero-order valence-corrected chi connectivity index (χ0v) is 14.7. The van der Waals surface area contributed by atoms with E-state index in [1.807, 2.05) is 55.5 Å². The van der Waals surface area contributed by atoms with Gasteiger partial charge < -0.3 is 10.1 Å². The van der Waals surface area contributed by atoms with E-state index in [-0.39, 0.29) is 0 Å². The summed E-state index contributed by atoms with van der Waals surface area (Å²) in [6, 6.07) is 15.4. The van der Waals surface area contributed by atoms with Gasteiger partial charge >= 0.3 is 0 Å². The molecule has 6 heteroatoms. The molecule has 0 fully saturated rings. The standard InChI is InChI=1S/C16H16BrN3OS/c1-11(12-7-3-4-8-13(12)17)19-20-16(22)18-14-9-5-6-10-15(14)21-2/h3-10H,1-2H3,(H2,18,20,22)/b19-11+. The molecule has 0 heterocycles. The van der Waals surface area contributed by atoms with Gasteiger partial charge in [-0.1, -0.05) is 46.3 Å². The Hall–Kier alpha value is -1.92. The molecule has 0 aliphatic heterocycles. The molecule has 2 aromatic carbocycles. The number of benzene rings is 2. The second kappa shape index (κ2) is 7.91. The van der Waals surface area contributed by atoms with E-state index >= 15 is 0 Å². The highest BCUT2D eigenvalue weighted by Crippen LogP contribution is 2.22. The zero-order valence-electron chi connectivity index (χ0n) is 12.3. The Labute approximate surface area is 143 Å². The average molecular weight is 378 g/mol. The first-order valence-electron chi connectivity index (χ1n) is 6.61. The van der Waals surface area contributed by atoms with Crippen LogP contribution >= 0.6 is 28.1 Å². The Morgan fingerprint density at radius 2 is 1.82 bits per heavy atom. The molecule has 0 bridgehead atoms. The van der Waals surface area contributed by atoms with E-state index in [9.17, 15) is 0 Å². The second-order valence-corrected chi connectivity index (χ2v) is 5.71. The number of para-hydroxylation sites is 2. The molecule has 0 radical (unpaired) electrons. The Bertz CT molecular complexity index is 703. The summed E-state index contributed by atoms with van der Waals surface area (Å²) in [7, 11) is 1.62. The molecule has 22 heavy (non-hydrogen) atoms. The van der Waals surface area contributed by atoms with Crippen molar-refractivity contribution in [2.75, 3.05) is 12.4 Å². The van der Waals surface area contributed by atoms with E-state index < -0.39 is 0 Å². The maximum atomic E-state index is 5.26. The highest BCUT2D eigenvalue weighted by atomic mass is 79.9. The molecule has 2 N–H and O–H groups in total. The molecular formula is C16H16BrN3OS. The van der Waals surface area contributed by atoms with Gasteiger partial charge in [0.25, 0.3) is 0 Å². The van der Waals surface area contributed by atoms with Gasteiger partial charge in [0, 0.05) is 10.0 Å². The molecule has 0 unspecified atom stereocenters. The summed E-state index contributed by atoms with van der Waals surface area (Å²) in [6.07, 6.45) is 0. The number of ether oxygens (including phenoxy) is 1. The zero-order chi connectivity index (χ0) is 15.9. The van der Waals surface area contributed by atoms with Gasteiger partial charge in [0.2, 0.25) is 0 Å². The number of rotatable bonds is 4. The molecular weight excluding hydrogens is 362 g/mol. The number of methoxy groups -OCH3 is 1. The van der Waals surface area contributed by atoms with E-state index in [4.69, 9.17) is 17.0 Å².